The molecular weight excluding hydrogens is 156 g/mol. The molecule has 11 heavy (non-hydrogen) atoms. The van der Waals surface area contributed by atoms with Crippen molar-refractivity contribution in [3.63, 3.8) is 0 Å². The molecule has 0 saturated heterocycles. The first-order chi connectivity index (χ1) is 5.36. The molecule has 1 fully saturated rings. The van der Waals surface area contributed by atoms with Gasteiger partial charge in [-0.2, -0.15) is 0 Å². The molecule has 0 heterocycles. The van der Waals surface area contributed by atoms with Crippen molar-refractivity contribution in [3.05, 3.63) is 11.6 Å². The number of hydrogen-bond donors (Lipinski definition) is 0. The van der Waals surface area contributed by atoms with Gasteiger partial charge in [0.1, 0.15) is 0 Å². The van der Waals surface area contributed by atoms with E-state index in [1.54, 1.807) is 5.54 Å². The normalized spacial score (nSPS) is 32.0. The Kier molecular flexibility index (Phi) is 3.52. The Hall–Kier alpha value is -0.410. The molecule has 0 aromatic carbocycles. The summed E-state index contributed by atoms with van der Waals surface area (Å²) in [6.45, 7) is 0. The smallest absolute Gasteiger partial charge is 0.0200 e. The lowest BCUT2D eigenvalue weighted by Crippen LogP contribution is -2.11. The summed E-state index contributed by atoms with van der Waals surface area (Å²) in [7, 11) is 0. The van der Waals surface area contributed by atoms with Gasteiger partial charge in [0.15, 0.2) is 0 Å². The van der Waals surface area contributed by atoms with Gasteiger partial charge in [-0.25, -0.2) is 0 Å². The highest BCUT2D eigenvalue weighted by Gasteiger charge is 2.16. The maximum Gasteiger partial charge on any atom is 0.0200 e. The zero-order valence-electron chi connectivity index (χ0n) is 6.59. The van der Waals surface area contributed by atoms with E-state index in [1.165, 1.54) is 25.7 Å². The number of halogens is 1. The third-order valence-electron chi connectivity index (χ3n) is 2.35. The zero-order chi connectivity index (χ0) is 8.10. The minimum Gasteiger partial charge on any atom is -0.120 e. The second-order valence-corrected chi connectivity index (χ2v) is 3.35. The summed E-state index contributed by atoms with van der Waals surface area (Å²) in [5.41, 5.74) is 1.63. The van der Waals surface area contributed by atoms with E-state index < -0.39 is 0 Å². The third-order valence-corrected chi connectivity index (χ3v) is 2.50. The molecule has 0 unspecified atom stereocenters. The van der Waals surface area contributed by atoms with Crippen molar-refractivity contribution < 1.29 is 0 Å². The van der Waals surface area contributed by atoms with Crippen LogP contribution in [0, 0.1) is 24.2 Å². The molecule has 0 aromatic rings. The van der Waals surface area contributed by atoms with Crippen molar-refractivity contribution in [2.45, 2.75) is 25.7 Å². The van der Waals surface area contributed by atoms with Crippen LogP contribution in [0.15, 0.2) is 11.6 Å². The van der Waals surface area contributed by atoms with E-state index in [0.717, 1.165) is 0 Å². The maximum atomic E-state index is 5.48. The summed E-state index contributed by atoms with van der Waals surface area (Å²) >= 11 is 5.48. The molecule has 1 aliphatic rings. The van der Waals surface area contributed by atoms with E-state index in [9.17, 15) is 0 Å². The Morgan fingerprint density at radius 1 is 1.27 bits per heavy atom. The lowest BCUT2D eigenvalue weighted by atomic mass is 9.83. The van der Waals surface area contributed by atoms with E-state index >= 15 is 0 Å². The Labute approximate surface area is 73.6 Å². The first-order valence-corrected chi connectivity index (χ1v) is 4.53. The molecule has 0 radical (unpaired) electrons. The summed E-state index contributed by atoms with van der Waals surface area (Å²) in [6.07, 6.45) is 12.2. The molecule has 60 valence electrons. The highest BCUT2D eigenvalue weighted by molar-refractivity contribution is 6.25. The van der Waals surface area contributed by atoms with Crippen LogP contribution in [0.4, 0.5) is 0 Å². The molecule has 0 aromatic heterocycles. The summed E-state index contributed by atoms with van der Waals surface area (Å²) in [5, 5.41) is 0. The summed E-state index contributed by atoms with van der Waals surface area (Å²) in [5.74, 6) is 4.01. The van der Waals surface area contributed by atoms with Gasteiger partial charge in [0.05, 0.1) is 0 Å². The van der Waals surface area contributed by atoms with Gasteiger partial charge in [-0.05, 0) is 31.6 Å². The molecule has 1 heteroatoms. The number of rotatable bonds is 1. The fourth-order valence-corrected chi connectivity index (χ4v) is 1.79. The fourth-order valence-electron chi connectivity index (χ4n) is 1.58. The largest absolute Gasteiger partial charge is 0.120 e. The van der Waals surface area contributed by atoms with E-state index in [4.69, 9.17) is 18.0 Å². The van der Waals surface area contributed by atoms with E-state index in [2.05, 4.69) is 12.0 Å². The molecule has 1 aliphatic carbocycles. The standard InChI is InChI=1S/C10H13Cl/c1-2-9-3-5-10(6-4-9)7-8-11/h1,7-10H,3-6H2/b8-7+. The SMILES string of the molecule is C#CC1CCC(/C=C/Cl)CC1. The third kappa shape index (κ3) is 2.60. The first kappa shape index (κ1) is 8.68. The Morgan fingerprint density at radius 3 is 2.36 bits per heavy atom. The van der Waals surface area contributed by atoms with Gasteiger partial charge in [-0.1, -0.05) is 17.7 Å². The van der Waals surface area contributed by atoms with Gasteiger partial charge in [0.2, 0.25) is 0 Å². The molecule has 0 aliphatic heterocycles. The van der Waals surface area contributed by atoms with E-state index in [1.807, 2.05) is 0 Å². The van der Waals surface area contributed by atoms with Gasteiger partial charge in [-0.15, -0.1) is 12.3 Å². The second kappa shape index (κ2) is 4.46. The predicted molar refractivity (Wildman–Crippen MR) is 49.3 cm³/mol. The lowest BCUT2D eigenvalue weighted by molar-refractivity contribution is 0.365. The lowest BCUT2D eigenvalue weighted by Gasteiger charge is -2.22. The predicted octanol–water partition coefficient (Wildman–Crippen LogP) is 3.18. The maximum absolute atomic E-state index is 5.48. The van der Waals surface area contributed by atoms with Crippen molar-refractivity contribution >= 4 is 11.6 Å². The van der Waals surface area contributed by atoms with Gasteiger partial charge in [0, 0.05) is 11.5 Å². The van der Waals surface area contributed by atoms with Crippen LogP contribution < -0.4 is 0 Å². The molecule has 0 nitrogen and oxygen atoms in total. The Bertz CT molecular complexity index is 168. The van der Waals surface area contributed by atoms with Crippen LogP contribution in [-0.4, -0.2) is 0 Å². The monoisotopic (exact) mass is 168 g/mol. The molecule has 1 saturated carbocycles. The topological polar surface area (TPSA) is 0 Å². The molecule has 0 amide bonds. The minimum absolute atomic E-state index is 0.523. The number of terminal acetylenes is 1. The Morgan fingerprint density at radius 2 is 1.91 bits per heavy atom. The summed E-state index contributed by atoms with van der Waals surface area (Å²) < 4.78 is 0. The fraction of sp³-hybridized carbons (Fsp3) is 0.600. The minimum atomic E-state index is 0.523. The van der Waals surface area contributed by atoms with Crippen LogP contribution in [0.2, 0.25) is 0 Å². The van der Waals surface area contributed by atoms with Crippen LogP contribution in [-0.2, 0) is 0 Å². The molecule has 0 bridgehead atoms. The van der Waals surface area contributed by atoms with Crippen molar-refractivity contribution in [1.29, 1.82) is 0 Å². The molecule has 0 N–H and O–H groups in total. The van der Waals surface area contributed by atoms with Crippen LogP contribution in [0.5, 0.6) is 0 Å². The van der Waals surface area contributed by atoms with Gasteiger partial charge in [-0.3, -0.25) is 0 Å². The average Bonchev–Trinajstić information content (AvgIpc) is 2.07. The highest BCUT2D eigenvalue weighted by atomic mass is 35.5. The number of allylic oxidation sites excluding steroid dienone is 1. The van der Waals surface area contributed by atoms with Gasteiger partial charge >= 0.3 is 0 Å². The molecule has 0 spiro atoms. The van der Waals surface area contributed by atoms with E-state index in [-0.39, 0.29) is 0 Å². The van der Waals surface area contributed by atoms with Crippen molar-refractivity contribution in [2.24, 2.45) is 11.8 Å². The van der Waals surface area contributed by atoms with Crippen molar-refractivity contribution in [3.8, 4) is 12.3 Å². The Balaban J connectivity index is 2.31. The van der Waals surface area contributed by atoms with E-state index in [0.29, 0.717) is 11.8 Å². The van der Waals surface area contributed by atoms with Gasteiger partial charge in [0.25, 0.3) is 0 Å². The summed E-state index contributed by atoms with van der Waals surface area (Å²) in [6, 6.07) is 0. The second-order valence-electron chi connectivity index (χ2n) is 3.10. The van der Waals surface area contributed by atoms with Crippen molar-refractivity contribution in [1.82, 2.24) is 0 Å². The van der Waals surface area contributed by atoms with Crippen LogP contribution >= 0.6 is 11.6 Å². The van der Waals surface area contributed by atoms with Gasteiger partial charge < -0.3 is 0 Å². The molecular formula is C10H13Cl. The average molecular weight is 169 g/mol. The summed E-state index contributed by atoms with van der Waals surface area (Å²) in [4.78, 5) is 0. The van der Waals surface area contributed by atoms with Crippen LogP contribution in [0.3, 0.4) is 0 Å². The van der Waals surface area contributed by atoms with Crippen LogP contribution in [0.1, 0.15) is 25.7 Å². The van der Waals surface area contributed by atoms with Crippen LogP contribution in [0.25, 0.3) is 0 Å². The van der Waals surface area contributed by atoms with Crippen molar-refractivity contribution in [2.75, 3.05) is 0 Å². The number of hydrogen-bond acceptors (Lipinski definition) is 0. The molecule has 1 rings (SSSR count). The quantitative estimate of drug-likeness (QED) is 0.528. The molecule has 0 atom stereocenters. The zero-order valence-corrected chi connectivity index (χ0v) is 7.35. The first-order valence-electron chi connectivity index (χ1n) is 4.10. The highest BCUT2D eigenvalue weighted by Crippen LogP contribution is 2.28.